The number of rotatable bonds is 2. The number of likely N-dealkylation sites (tertiary alicyclic amines) is 1. The van der Waals surface area contributed by atoms with E-state index in [2.05, 4.69) is 19.2 Å². The number of amides is 1. The summed E-state index contributed by atoms with van der Waals surface area (Å²) in [7, 11) is 0. The van der Waals surface area contributed by atoms with Crippen molar-refractivity contribution in [2.75, 3.05) is 13.1 Å². The first-order valence-electron chi connectivity index (χ1n) is 10.6. The monoisotopic (exact) mass is 396 g/mol. The minimum Gasteiger partial charge on any atom is -0.362 e. The molecule has 1 aromatic carbocycles. The van der Waals surface area contributed by atoms with Crippen LogP contribution in [-0.2, 0) is 9.59 Å². The summed E-state index contributed by atoms with van der Waals surface area (Å²) < 4.78 is 14.1. The Labute approximate surface area is 171 Å². The average Bonchev–Trinajstić information content (AvgIpc) is 2.66. The zero-order valence-electron chi connectivity index (χ0n) is 17.5. The molecule has 2 aliphatic heterocycles. The maximum Gasteiger partial charge on any atom is 0.252 e. The maximum absolute atomic E-state index is 14.1. The summed E-state index contributed by atoms with van der Waals surface area (Å²) in [6.45, 7) is 7.54. The van der Waals surface area contributed by atoms with Crippen molar-refractivity contribution in [1.82, 2.24) is 10.2 Å². The topological polar surface area (TPSA) is 49.4 Å². The highest BCUT2D eigenvalue weighted by molar-refractivity contribution is 6.05. The van der Waals surface area contributed by atoms with Gasteiger partial charge < -0.3 is 10.2 Å². The molecule has 0 unspecified atom stereocenters. The van der Waals surface area contributed by atoms with E-state index in [1.165, 1.54) is 12.1 Å². The number of Topliss-reactive ketones (excluding diaryl/α,β-unsaturated/α-hetero) is 1. The Morgan fingerprint density at radius 2 is 1.90 bits per heavy atom. The Kier molecular flexibility index (Phi) is 5.09. The fourth-order valence-electron chi connectivity index (χ4n) is 5.01. The number of piperidine rings is 1. The second-order valence-electron chi connectivity index (χ2n) is 9.34. The third kappa shape index (κ3) is 3.75. The summed E-state index contributed by atoms with van der Waals surface area (Å²) >= 11 is 0. The van der Waals surface area contributed by atoms with Crippen molar-refractivity contribution in [2.24, 2.45) is 5.41 Å². The molecule has 0 aromatic heterocycles. The average molecular weight is 397 g/mol. The molecule has 1 atom stereocenters. The predicted molar refractivity (Wildman–Crippen MR) is 110 cm³/mol. The Morgan fingerprint density at radius 1 is 1.17 bits per heavy atom. The molecular formula is C24H29FN2O2. The summed E-state index contributed by atoms with van der Waals surface area (Å²) in [6.07, 6.45) is 4.30. The third-order valence-corrected chi connectivity index (χ3v) is 6.30. The molecular weight excluding hydrogens is 367 g/mol. The fourth-order valence-corrected chi connectivity index (χ4v) is 5.01. The molecule has 0 radical (unpaired) electrons. The van der Waals surface area contributed by atoms with Crippen molar-refractivity contribution in [2.45, 2.75) is 58.8 Å². The lowest BCUT2D eigenvalue weighted by molar-refractivity contribution is -0.128. The van der Waals surface area contributed by atoms with Crippen molar-refractivity contribution < 1.29 is 14.0 Å². The number of hydrogen-bond acceptors (Lipinski definition) is 3. The van der Waals surface area contributed by atoms with Crippen LogP contribution < -0.4 is 5.32 Å². The number of carbonyl (C=O) groups excluding carboxylic acids is 2. The highest BCUT2D eigenvalue weighted by atomic mass is 19.1. The number of nitrogens with zero attached hydrogens (tertiary/aromatic N) is 1. The van der Waals surface area contributed by atoms with Crippen LogP contribution in [0.15, 0.2) is 46.8 Å². The molecule has 0 saturated carbocycles. The lowest BCUT2D eigenvalue weighted by Gasteiger charge is -2.41. The lowest BCUT2D eigenvalue weighted by atomic mass is 9.68. The van der Waals surface area contributed by atoms with Crippen LogP contribution in [-0.4, -0.2) is 29.7 Å². The second kappa shape index (κ2) is 7.43. The van der Waals surface area contributed by atoms with E-state index in [9.17, 15) is 14.0 Å². The predicted octanol–water partition coefficient (Wildman–Crippen LogP) is 4.44. The smallest absolute Gasteiger partial charge is 0.252 e. The Morgan fingerprint density at radius 3 is 2.59 bits per heavy atom. The van der Waals surface area contributed by atoms with Gasteiger partial charge in [-0.1, -0.05) is 26.0 Å². The van der Waals surface area contributed by atoms with Gasteiger partial charge in [0.1, 0.15) is 5.82 Å². The van der Waals surface area contributed by atoms with Gasteiger partial charge in [0.05, 0.1) is 0 Å². The van der Waals surface area contributed by atoms with Crippen molar-refractivity contribution in [3.63, 3.8) is 0 Å². The fraction of sp³-hybridized carbons (Fsp3) is 0.500. The zero-order valence-corrected chi connectivity index (χ0v) is 17.5. The van der Waals surface area contributed by atoms with Crippen LogP contribution >= 0.6 is 0 Å². The molecule has 1 saturated heterocycles. The number of allylic oxidation sites excluding steroid dienone is 3. The summed E-state index contributed by atoms with van der Waals surface area (Å²) in [5.74, 6) is -0.850. The van der Waals surface area contributed by atoms with Crippen LogP contribution in [0.3, 0.4) is 0 Å². The quantitative estimate of drug-likeness (QED) is 0.804. The van der Waals surface area contributed by atoms with Gasteiger partial charge in [0.25, 0.3) is 5.91 Å². The van der Waals surface area contributed by atoms with Crippen LogP contribution in [0.2, 0.25) is 0 Å². The van der Waals surface area contributed by atoms with Gasteiger partial charge in [-0.15, -0.1) is 0 Å². The molecule has 5 heteroatoms. The molecule has 0 spiro atoms. The number of benzene rings is 1. The summed E-state index contributed by atoms with van der Waals surface area (Å²) in [5, 5.41) is 3.39. The molecule has 1 aliphatic carbocycles. The Bertz CT molecular complexity index is 923. The van der Waals surface area contributed by atoms with Gasteiger partial charge in [-0.3, -0.25) is 9.59 Å². The Hall–Kier alpha value is -2.43. The summed E-state index contributed by atoms with van der Waals surface area (Å²) in [6, 6.07) is 6.34. The number of ketones is 1. The number of hydrogen-bond donors (Lipinski definition) is 1. The van der Waals surface area contributed by atoms with Gasteiger partial charge in [0.2, 0.25) is 0 Å². The van der Waals surface area contributed by atoms with E-state index in [1.807, 2.05) is 17.9 Å². The molecule has 1 aromatic rings. The molecule has 4 rings (SSSR count). The first-order valence-corrected chi connectivity index (χ1v) is 10.6. The first kappa shape index (κ1) is 19.9. The molecule has 0 bridgehead atoms. The molecule has 4 nitrogen and oxygen atoms in total. The highest BCUT2D eigenvalue weighted by Gasteiger charge is 2.43. The maximum atomic E-state index is 14.1. The van der Waals surface area contributed by atoms with E-state index in [0.29, 0.717) is 23.1 Å². The summed E-state index contributed by atoms with van der Waals surface area (Å²) in [5.41, 5.74) is 3.42. The van der Waals surface area contributed by atoms with Crippen molar-refractivity contribution in [3.8, 4) is 0 Å². The van der Waals surface area contributed by atoms with Gasteiger partial charge in [0.15, 0.2) is 5.78 Å². The van der Waals surface area contributed by atoms with Crippen molar-refractivity contribution in [3.05, 3.63) is 58.2 Å². The molecule has 2 heterocycles. The van der Waals surface area contributed by atoms with Gasteiger partial charge in [-0.05, 0) is 55.7 Å². The van der Waals surface area contributed by atoms with E-state index in [1.54, 1.807) is 6.07 Å². The van der Waals surface area contributed by atoms with E-state index in [-0.39, 0.29) is 22.9 Å². The molecule has 3 aliphatic rings. The van der Waals surface area contributed by atoms with E-state index < -0.39 is 5.92 Å². The SMILES string of the molecule is CC1=C(C(=O)N2CCCCC2)[C@@H](c2cccc(F)c2)C2=C(CC(C)(C)CC2=O)N1. The van der Waals surface area contributed by atoms with E-state index in [0.717, 1.165) is 50.2 Å². The molecule has 154 valence electrons. The normalized spacial score (nSPS) is 24.3. The minimum atomic E-state index is -0.514. The van der Waals surface area contributed by atoms with Gasteiger partial charge >= 0.3 is 0 Å². The number of nitrogens with one attached hydrogen (secondary N) is 1. The van der Waals surface area contributed by atoms with Crippen LogP contribution in [0.5, 0.6) is 0 Å². The van der Waals surface area contributed by atoms with Crippen LogP contribution in [0.4, 0.5) is 4.39 Å². The first-order chi connectivity index (χ1) is 13.8. The molecule has 1 fully saturated rings. The van der Waals surface area contributed by atoms with E-state index >= 15 is 0 Å². The number of carbonyl (C=O) groups is 2. The molecule has 1 amide bonds. The molecule has 29 heavy (non-hydrogen) atoms. The third-order valence-electron chi connectivity index (χ3n) is 6.30. The number of dihydropyridines is 1. The minimum absolute atomic E-state index is 0.0341. The number of halogens is 1. The highest BCUT2D eigenvalue weighted by Crippen LogP contribution is 2.47. The largest absolute Gasteiger partial charge is 0.362 e. The van der Waals surface area contributed by atoms with Gasteiger partial charge in [0, 0.05) is 48.0 Å². The van der Waals surface area contributed by atoms with Crippen LogP contribution in [0.1, 0.15) is 64.4 Å². The van der Waals surface area contributed by atoms with Crippen LogP contribution in [0, 0.1) is 11.2 Å². The van der Waals surface area contributed by atoms with Crippen LogP contribution in [0.25, 0.3) is 0 Å². The molecule has 1 N–H and O–H groups in total. The Balaban J connectivity index is 1.83. The van der Waals surface area contributed by atoms with Gasteiger partial charge in [-0.2, -0.15) is 0 Å². The van der Waals surface area contributed by atoms with E-state index in [4.69, 9.17) is 0 Å². The van der Waals surface area contributed by atoms with Crippen molar-refractivity contribution in [1.29, 1.82) is 0 Å². The van der Waals surface area contributed by atoms with Crippen molar-refractivity contribution >= 4 is 11.7 Å². The second-order valence-corrected chi connectivity index (χ2v) is 9.34. The summed E-state index contributed by atoms with van der Waals surface area (Å²) in [4.78, 5) is 28.7. The zero-order chi connectivity index (χ0) is 20.8. The van der Waals surface area contributed by atoms with Gasteiger partial charge in [-0.25, -0.2) is 4.39 Å². The lowest BCUT2D eigenvalue weighted by Crippen LogP contribution is -2.43. The standard InChI is InChI=1S/C24H29FN2O2/c1-15-20(23(29)27-10-5-4-6-11-27)21(16-8-7-9-17(25)12-16)22-18(26-15)13-24(2,3)14-19(22)28/h7-9,12,21,26H,4-6,10-11,13-14H2,1-3H3/t21-/m1/s1.